The molecule has 0 bridgehead atoms. The maximum atomic E-state index is 14.0. The molecule has 2 nitrogen and oxygen atoms in total. The first-order valence-corrected chi connectivity index (χ1v) is 6.95. The number of allylic oxidation sites excluding steroid dienone is 1. The minimum absolute atomic E-state index is 0.0229. The quantitative estimate of drug-likeness (QED) is 0.533. The van der Waals surface area contributed by atoms with Crippen LogP contribution in [0.3, 0.4) is 0 Å². The summed E-state index contributed by atoms with van der Waals surface area (Å²) in [7, 11) is 0. The van der Waals surface area contributed by atoms with Crippen LogP contribution in [-0.2, 0) is 0 Å². The van der Waals surface area contributed by atoms with Gasteiger partial charge in [-0.25, -0.2) is 4.39 Å². The van der Waals surface area contributed by atoms with Crippen LogP contribution < -0.4 is 10.1 Å². The zero-order valence-electron chi connectivity index (χ0n) is 11.9. The summed E-state index contributed by atoms with van der Waals surface area (Å²) in [6.07, 6.45) is 4.71. The Morgan fingerprint density at radius 2 is 2.26 bits per heavy atom. The van der Waals surface area contributed by atoms with Crippen LogP contribution in [0.15, 0.2) is 30.9 Å². The molecule has 1 aromatic carbocycles. The average Bonchev–Trinajstić information content (AvgIpc) is 2.41. The summed E-state index contributed by atoms with van der Waals surface area (Å²) in [5, 5.41) is 3.28. The molecule has 0 spiro atoms. The fourth-order valence-electron chi connectivity index (χ4n) is 1.84. The minimum Gasteiger partial charge on any atom is -0.493 e. The molecule has 0 radical (unpaired) electrons. The molecule has 106 valence electrons. The van der Waals surface area contributed by atoms with Crippen LogP contribution in [0.2, 0.25) is 0 Å². The predicted molar refractivity (Wildman–Crippen MR) is 78.0 cm³/mol. The highest BCUT2D eigenvalue weighted by Gasteiger charge is 2.10. The van der Waals surface area contributed by atoms with E-state index in [9.17, 15) is 4.39 Å². The second kappa shape index (κ2) is 8.70. The Bertz CT molecular complexity index is 392. The number of hydrogen-bond acceptors (Lipinski definition) is 2. The Morgan fingerprint density at radius 3 is 2.89 bits per heavy atom. The highest BCUT2D eigenvalue weighted by molar-refractivity contribution is 5.30. The Labute approximate surface area is 115 Å². The van der Waals surface area contributed by atoms with Gasteiger partial charge in [0.2, 0.25) is 0 Å². The van der Waals surface area contributed by atoms with Gasteiger partial charge in [0.1, 0.15) is 11.6 Å². The second-order valence-corrected chi connectivity index (χ2v) is 4.64. The Hall–Kier alpha value is -1.35. The summed E-state index contributed by atoms with van der Waals surface area (Å²) < 4.78 is 19.5. The van der Waals surface area contributed by atoms with Crippen molar-refractivity contribution in [3.05, 3.63) is 42.2 Å². The second-order valence-electron chi connectivity index (χ2n) is 4.64. The van der Waals surface area contributed by atoms with E-state index in [-0.39, 0.29) is 11.9 Å². The first-order chi connectivity index (χ1) is 9.19. The number of nitrogens with one attached hydrogen (secondary N) is 1. The highest BCUT2D eigenvalue weighted by atomic mass is 19.1. The zero-order chi connectivity index (χ0) is 14.1. The molecule has 0 aliphatic rings. The van der Waals surface area contributed by atoms with Crippen LogP contribution in [0.5, 0.6) is 5.75 Å². The fourth-order valence-corrected chi connectivity index (χ4v) is 1.84. The number of unbranched alkanes of at least 4 members (excludes halogenated alkanes) is 1. The molecule has 0 fully saturated rings. The summed E-state index contributed by atoms with van der Waals surface area (Å²) in [6.45, 7) is 9.20. The van der Waals surface area contributed by atoms with Crippen molar-refractivity contribution in [3.63, 3.8) is 0 Å². The van der Waals surface area contributed by atoms with Crippen molar-refractivity contribution in [2.45, 2.75) is 39.2 Å². The number of hydrogen-bond donors (Lipinski definition) is 1. The first-order valence-electron chi connectivity index (χ1n) is 6.95. The van der Waals surface area contributed by atoms with Gasteiger partial charge in [-0.2, -0.15) is 0 Å². The van der Waals surface area contributed by atoms with Gasteiger partial charge in [0.25, 0.3) is 0 Å². The predicted octanol–water partition coefficient (Wildman–Crippen LogP) is 4.23. The van der Waals surface area contributed by atoms with Gasteiger partial charge in [-0.1, -0.05) is 19.1 Å². The lowest BCUT2D eigenvalue weighted by Gasteiger charge is -2.15. The molecule has 1 atom stereocenters. The fraction of sp³-hybridized carbons (Fsp3) is 0.500. The largest absolute Gasteiger partial charge is 0.493 e. The molecule has 0 amide bonds. The van der Waals surface area contributed by atoms with Crippen LogP contribution in [0, 0.1) is 5.82 Å². The van der Waals surface area contributed by atoms with Gasteiger partial charge < -0.3 is 10.1 Å². The van der Waals surface area contributed by atoms with Gasteiger partial charge in [0, 0.05) is 17.7 Å². The van der Waals surface area contributed by atoms with Crippen molar-refractivity contribution in [1.82, 2.24) is 5.32 Å². The van der Waals surface area contributed by atoms with Crippen molar-refractivity contribution >= 4 is 0 Å². The van der Waals surface area contributed by atoms with Crippen LogP contribution in [0.25, 0.3) is 0 Å². The van der Waals surface area contributed by atoms with Crippen molar-refractivity contribution < 1.29 is 9.13 Å². The third-order valence-corrected chi connectivity index (χ3v) is 2.96. The van der Waals surface area contributed by atoms with Crippen LogP contribution in [0.1, 0.15) is 44.7 Å². The van der Waals surface area contributed by atoms with Crippen molar-refractivity contribution in [3.8, 4) is 5.75 Å². The van der Waals surface area contributed by atoms with Crippen LogP contribution in [0.4, 0.5) is 4.39 Å². The molecule has 0 aliphatic heterocycles. The minimum atomic E-state index is -0.211. The van der Waals surface area contributed by atoms with E-state index in [1.54, 1.807) is 6.07 Å². The normalized spacial score (nSPS) is 12.2. The molecule has 1 N–H and O–H groups in total. The first kappa shape index (κ1) is 15.7. The van der Waals surface area contributed by atoms with Gasteiger partial charge in [-0.05, 0) is 38.8 Å². The lowest BCUT2D eigenvalue weighted by Crippen LogP contribution is -2.20. The molecule has 1 rings (SSSR count). The molecule has 0 saturated carbocycles. The molecule has 0 aromatic heterocycles. The van der Waals surface area contributed by atoms with Crippen molar-refractivity contribution in [2.24, 2.45) is 0 Å². The van der Waals surface area contributed by atoms with E-state index in [4.69, 9.17) is 4.74 Å². The molecule has 0 aliphatic carbocycles. The van der Waals surface area contributed by atoms with Crippen molar-refractivity contribution in [2.75, 3.05) is 13.2 Å². The maximum absolute atomic E-state index is 14.0. The Balaban J connectivity index is 2.55. The van der Waals surface area contributed by atoms with Crippen LogP contribution >= 0.6 is 0 Å². The van der Waals surface area contributed by atoms with Gasteiger partial charge in [0.15, 0.2) is 0 Å². The monoisotopic (exact) mass is 265 g/mol. The summed E-state index contributed by atoms with van der Waals surface area (Å²) in [6, 6.07) is 5.12. The Kier molecular flexibility index (Phi) is 7.19. The highest BCUT2D eigenvalue weighted by Crippen LogP contribution is 2.22. The average molecular weight is 265 g/mol. The molecule has 1 unspecified atom stereocenters. The molecular weight excluding hydrogens is 241 g/mol. The molecule has 0 saturated heterocycles. The lowest BCUT2D eigenvalue weighted by molar-refractivity contribution is 0.310. The smallest absolute Gasteiger partial charge is 0.131 e. The summed E-state index contributed by atoms with van der Waals surface area (Å²) in [4.78, 5) is 0. The number of benzene rings is 1. The number of halogens is 1. The molecule has 1 aromatic rings. The third kappa shape index (κ3) is 5.43. The van der Waals surface area contributed by atoms with E-state index in [0.29, 0.717) is 17.9 Å². The van der Waals surface area contributed by atoms with Gasteiger partial charge in [0.05, 0.1) is 6.61 Å². The lowest BCUT2D eigenvalue weighted by atomic mass is 10.1. The molecular formula is C16H24FNO. The maximum Gasteiger partial charge on any atom is 0.131 e. The third-order valence-electron chi connectivity index (χ3n) is 2.96. The van der Waals surface area contributed by atoms with Gasteiger partial charge in [-0.3, -0.25) is 0 Å². The van der Waals surface area contributed by atoms with Crippen LogP contribution in [-0.4, -0.2) is 13.2 Å². The summed E-state index contributed by atoms with van der Waals surface area (Å²) >= 11 is 0. The van der Waals surface area contributed by atoms with Crippen molar-refractivity contribution in [1.29, 1.82) is 0 Å². The summed E-state index contributed by atoms with van der Waals surface area (Å²) in [5.41, 5.74) is 0.687. The SMILES string of the molecule is C=CCCCOc1ccc(C(C)NCCC)c(F)c1. The van der Waals surface area contributed by atoms with Gasteiger partial charge >= 0.3 is 0 Å². The summed E-state index contributed by atoms with van der Waals surface area (Å²) in [5.74, 6) is 0.380. The van der Waals surface area contributed by atoms with E-state index in [0.717, 1.165) is 25.8 Å². The van der Waals surface area contributed by atoms with E-state index >= 15 is 0 Å². The van der Waals surface area contributed by atoms with E-state index < -0.39 is 0 Å². The molecule has 19 heavy (non-hydrogen) atoms. The zero-order valence-corrected chi connectivity index (χ0v) is 11.9. The molecule has 0 heterocycles. The number of rotatable bonds is 9. The van der Waals surface area contributed by atoms with Gasteiger partial charge in [-0.15, -0.1) is 6.58 Å². The van der Waals surface area contributed by atoms with E-state index in [2.05, 4.69) is 18.8 Å². The molecule has 3 heteroatoms. The number of ether oxygens (including phenoxy) is 1. The standard InChI is InChI=1S/C16H24FNO/c1-4-6-7-11-19-14-8-9-15(16(17)12-14)13(3)18-10-5-2/h4,8-9,12-13,18H,1,5-7,10-11H2,2-3H3. The topological polar surface area (TPSA) is 21.3 Å². The van der Waals surface area contributed by atoms with E-state index in [1.807, 2.05) is 19.1 Å². The Morgan fingerprint density at radius 1 is 1.47 bits per heavy atom. The van der Waals surface area contributed by atoms with E-state index in [1.165, 1.54) is 6.07 Å².